The van der Waals surface area contributed by atoms with Crippen LogP contribution in [-0.2, 0) is 14.4 Å². The van der Waals surface area contributed by atoms with Gasteiger partial charge in [-0.1, -0.05) is 24.6 Å². The van der Waals surface area contributed by atoms with Crippen molar-refractivity contribution >= 4 is 23.6 Å². The molecule has 0 bridgehead atoms. The molecule has 4 rings (SSSR count). The smallest absolute Gasteiger partial charge is 0.475 e. The number of ketones is 1. The largest absolute Gasteiger partial charge is 0.490 e. The number of carbonyl (C=O) groups is 3. The van der Waals surface area contributed by atoms with Gasteiger partial charge in [0.25, 0.3) is 0 Å². The van der Waals surface area contributed by atoms with Gasteiger partial charge in [0.15, 0.2) is 5.78 Å². The summed E-state index contributed by atoms with van der Waals surface area (Å²) in [5.74, 6) is 0.0341. The number of hydrogen-bond acceptors (Lipinski definition) is 7. The Kier molecular flexibility index (Phi) is 11.5. The number of nitrogens with one attached hydrogen (secondary N) is 1. The van der Waals surface area contributed by atoms with Crippen LogP contribution < -0.4 is 5.32 Å². The highest BCUT2D eigenvalue weighted by Crippen LogP contribution is 2.66. The number of likely N-dealkylation sites (N-methyl/N-ethyl adjacent to an activating group) is 2. The topological polar surface area (TPSA) is 112 Å². The number of alkyl halides is 3. The van der Waals surface area contributed by atoms with Crippen LogP contribution in [0.2, 0.25) is 0 Å². The minimum Gasteiger partial charge on any atom is -0.475 e. The van der Waals surface area contributed by atoms with Crippen LogP contribution in [0.25, 0.3) is 0 Å². The monoisotopic (exact) mass is 614 g/mol. The second kappa shape index (κ2) is 14.1. The summed E-state index contributed by atoms with van der Waals surface area (Å²) < 4.78 is 31.7. The van der Waals surface area contributed by atoms with Gasteiger partial charge in [-0.2, -0.15) is 13.2 Å². The van der Waals surface area contributed by atoms with Crippen molar-refractivity contribution in [3.8, 4) is 0 Å². The number of carbonyl (C=O) groups excluding carboxylic acids is 2. The molecule has 4 aliphatic carbocycles. The lowest BCUT2D eigenvalue weighted by Gasteiger charge is -2.58. The number of nitrogens with zero attached hydrogens (tertiary/aromatic N) is 3. The lowest BCUT2D eigenvalue weighted by Crippen LogP contribution is -2.51. The van der Waals surface area contributed by atoms with Gasteiger partial charge in [-0.15, -0.1) is 0 Å². The van der Waals surface area contributed by atoms with Crippen LogP contribution in [0.1, 0.15) is 72.1 Å². The molecule has 43 heavy (non-hydrogen) atoms. The Morgan fingerprint density at radius 1 is 1.07 bits per heavy atom. The van der Waals surface area contributed by atoms with E-state index in [4.69, 9.17) is 14.7 Å². The van der Waals surface area contributed by atoms with Crippen molar-refractivity contribution < 1.29 is 37.5 Å². The molecule has 4 aliphatic rings. The summed E-state index contributed by atoms with van der Waals surface area (Å²) in [5, 5.41) is 14.7. The molecule has 0 aromatic carbocycles. The fourth-order valence-corrected chi connectivity index (χ4v) is 8.34. The predicted molar refractivity (Wildman–Crippen MR) is 158 cm³/mol. The summed E-state index contributed by atoms with van der Waals surface area (Å²) in [4.78, 5) is 43.2. The molecular weight excluding hydrogens is 565 g/mol. The summed E-state index contributed by atoms with van der Waals surface area (Å²) in [6.07, 6.45) is 5.36. The maximum Gasteiger partial charge on any atom is 0.490 e. The van der Waals surface area contributed by atoms with Crippen molar-refractivity contribution in [3.05, 3.63) is 11.6 Å². The van der Waals surface area contributed by atoms with Crippen molar-refractivity contribution in [1.82, 2.24) is 15.1 Å². The molecule has 0 radical (unpaired) electrons. The molecule has 0 aromatic heterocycles. The van der Waals surface area contributed by atoms with Gasteiger partial charge in [0.1, 0.15) is 0 Å². The number of fused-ring (bicyclic) bond motifs is 5. The van der Waals surface area contributed by atoms with Crippen molar-refractivity contribution in [1.29, 1.82) is 0 Å². The maximum atomic E-state index is 12.8. The third kappa shape index (κ3) is 7.98. The zero-order chi connectivity index (χ0) is 32.2. The average molecular weight is 615 g/mol. The predicted octanol–water partition coefficient (Wildman–Crippen LogP) is 5.36. The van der Waals surface area contributed by atoms with Gasteiger partial charge in [0.2, 0.25) is 0 Å². The molecule has 244 valence electrons. The molecule has 1 amide bonds. The molecule has 9 nitrogen and oxygen atoms in total. The van der Waals surface area contributed by atoms with Crippen molar-refractivity contribution in [2.45, 2.75) is 78.3 Å². The second-order valence-corrected chi connectivity index (χ2v) is 13.4. The van der Waals surface area contributed by atoms with Gasteiger partial charge in [0.05, 0.1) is 5.71 Å². The molecule has 0 spiro atoms. The van der Waals surface area contributed by atoms with Crippen LogP contribution >= 0.6 is 0 Å². The number of allylic oxidation sites excluding steroid dienone is 1. The standard InChI is InChI=1S/C29H48N4O3.C2HF3O2/c1-20(31-36-27(35)33(16-15-30-4)18-17-32(5)6)24-9-10-25-23-8-7-21-19-22(34)11-13-28(21,2)26(23)12-14-29(24,25)3;3-2(4,5)1(6)7/h19,23-26,30H,7-18H2,1-6H3;(H,6,7)/b31-20+;/t23-,24+,25-,26-,28-,29+;/m0./s1. The van der Waals surface area contributed by atoms with Gasteiger partial charge in [0, 0.05) is 38.5 Å². The summed E-state index contributed by atoms with van der Waals surface area (Å²) in [6.45, 7) is 9.71. The lowest BCUT2D eigenvalue weighted by molar-refractivity contribution is -0.192. The highest BCUT2D eigenvalue weighted by Gasteiger charge is 2.59. The first-order chi connectivity index (χ1) is 20.0. The van der Waals surface area contributed by atoms with E-state index in [-0.39, 0.29) is 16.9 Å². The maximum absolute atomic E-state index is 12.8. The molecule has 0 unspecified atom stereocenters. The van der Waals surface area contributed by atoms with E-state index in [1.807, 2.05) is 27.2 Å². The van der Waals surface area contributed by atoms with Gasteiger partial charge in [-0.25, -0.2) is 9.59 Å². The molecule has 3 fully saturated rings. The highest BCUT2D eigenvalue weighted by molar-refractivity contribution is 5.91. The zero-order valence-corrected chi connectivity index (χ0v) is 26.4. The summed E-state index contributed by atoms with van der Waals surface area (Å²) in [5.41, 5.74) is 2.82. The number of aliphatic carboxylic acids is 1. The Bertz CT molecular complexity index is 1090. The van der Waals surface area contributed by atoms with E-state index in [2.05, 4.69) is 36.1 Å². The Hall–Kier alpha value is -2.47. The van der Waals surface area contributed by atoms with Crippen LogP contribution in [0.3, 0.4) is 0 Å². The molecule has 6 atom stereocenters. The van der Waals surface area contributed by atoms with Crippen LogP contribution in [0.15, 0.2) is 16.8 Å². The van der Waals surface area contributed by atoms with E-state index in [9.17, 15) is 22.8 Å². The zero-order valence-electron chi connectivity index (χ0n) is 26.4. The van der Waals surface area contributed by atoms with E-state index in [0.717, 1.165) is 44.0 Å². The Balaban J connectivity index is 0.000000646. The molecule has 0 heterocycles. The average Bonchev–Trinajstić information content (AvgIpc) is 3.29. The number of carboxylic acids is 1. The fraction of sp³-hybridized carbons (Fsp3) is 0.806. The minimum atomic E-state index is -5.08. The number of rotatable bonds is 8. The fourth-order valence-electron chi connectivity index (χ4n) is 8.34. The molecule has 0 aromatic rings. The first-order valence-corrected chi connectivity index (χ1v) is 15.4. The van der Waals surface area contributed by atoms with Crippen molar-refractivity contribution in [2.75, 3.05) is 47.3 Å². The summed E-state index contributed by atoms with van der Waals surface area (Å²) in [7, 11) is 5.90. The van der Waals surface area contributed by atoms with E-state index < -0.39 is 12.1 Å². The van der Waals surface area contributed by atoms with Gasteiger partial charge in [-0.3, -0.25) is 9.63 Å². The van der Waals surface area contributed by atoms with Crippen LogP contribution in [-0.4, -0.2) is 92.0 Å². The summed E-state index contributed by atoms with van der Waals surface area (Å²) in [6, 6.07) is 0. The number of amides is 1. The van der Waals surface area contributed by atoms with E-state index in [1.165, 1.54) is 31.3 Å². The molecular formula is C31H49F3N4O5. The number of halogens is 3. The van der Waals surface area contributed by atoms with Crippen LogP contribution in [0.4, 0.5) is 18.0 Å². The molecule has 0 aliphatic heterocycles. The van der Waals surface area contributed by atoms with Gasteiger partial charge >= 0.3 is 18.2 Å². The Morgan fingerprint density at radius 2 is 1.74 bits per heavy atom. The minimum absolute atomic E-state index is 0.207. The van der Waals surface area contributed by atoms with Gasteiger partial charge in [-0.05, 0) is 108 Å². The highest BCUT2D eigenvalue weighted by atomic mass is 19.4. The first-order valence-electron chi connectivity index (χ1n) is 15.4. The second-order valence-electron chi connectivity index (χ2n) is 13.4. The molecule has 3 saturated carbocycles. The first kappa shape index (κ1) is 35.0. The van der Waals surface area contributed by atoms with E-state index in [1.54, 1.807) is 4.90 Å². The van der Waals surface area contributed by atoms with E-state index >= 15 is 0 Å². The normalized spacial score (nSPS) is 32.1. The third-order valence-electron chi connectivity index (χ3n) is 10.7. The number of hydrogen-bond donors (Lipinski definition) is 2. The summed E-state index contributed by atoms with van der Waals surface area (Å²) >= 11 is 0. The van der Waals surface area contributed by atoms with Gasteiger partial charge < -0.3 is 20.2 Å². The van der Waals surface area contributed by atoms with Crippen LogP contribution in [0.5, 0.6) is 0 Å². The van der Waals surface area contributed by atoms with Crippen molar-refractivity contribution in [2.24, 2.45) is 39.7 Å². The number of carboxylic acid groups (broad SMARTS) is 1. The SMILES string of the molecule is CNCCN(CCN(C)C)C(=O)O/N=C(\C)[C@H]1CC[C@H]2[C@@H]3CCC4=CC(=O)CC[C@]4(C)[C@H]3CC[C@]12C.O=C(O)C(F)(F)F. The quantitative estimate of drug-likeness (QED) is 0.215. The lowest BCUT2D eigenvalue weighted by atomic mass is 9.46. The van der Waals surface area contributed by atoms with E-state index in [0.29, 0.717) is 43.0 Å². The van der Waals surface area contributed by atoms with Crippen LogP contribution in [0, 0.1) is 34.5 Å². The van der Waals surface area contributed by atoms with Crippen molar-refractivity contribution in [3.63, 3.8) is 0 Å². The molecule has 0 saturated heterocycles. The molecule has 2 N–H and O–H groups in total. The Labute approximate surface area is 253 Å². The third-order valence-corrected chi connectivity index (χ3v) is 10.7. The molecule has 12 heteroatoms. The number of oxime groups is 1. The Morgan fingerprint density at radius 3 is 2.35 bits per heavy atom.